The zero-order valence-corrected chi connectivity index (χ0v) is 6.64. The molecule has 1 aromatic rings. The number of hydrogen-bond donors (Lipinski definition) is 2. The summed E-state index contributed by atoms with van der Waals surface area (Å²) in [6, 6.07) is 3.38. The molecule has 58 valence electrons. The quantitative estimate of drug-likeness (QED) is 0.620. The average molecular weight is 168 g/mol. The highest BCUT2D eigenvalue weighted by molar-refractivity contribution is 7.80. The Labute approximate surface area is 69.9 Å². The Morgan fingerprint density at radius 1 is 1.73 bits per heavy atom. The molecule has 4 heteroatoms. The van der Waals surface area contributed by atoms with E-state index in [4.69, 9.17) is 23.1 Å². The summed E-state index contributed by atoms with van der Waals surface area (Å²) in [4.78, 5) is 4.16. The molecule has 3 nitrogen and oxygen atoms in total. The number of thiocarbonyl (C=S) groups is 1. The van der Waals surface area contributed by atoms with Gasteiger partial charge in [-0.15, -0.1) is 0 Å². The van der Waals surface area contributed by atoms with Crippen molar-refractivity contribution in [1.82, 2.24) is 4.98 Å². The maximum Gasteiger partial charge on any atom is 0.122 e. The second-order valence-corrected chi connectivity index (χ2v) is 2.51. The lowest BCUT2D eigenvalue weighted by molar-refractivity contribution is 0.281. The third kappa shape index (κ3) is 1.96. The summed E-state index contributed by atoms with van der Waals surface area (Å²) in [5.41, 5.74) is 6.64. The summed E-state index contributed by atoms with van der Waals surface area (Å²) in [6.07, 6.45) is 1.57. The fraction of sp³-hybridized carbons (Fsp3) is 0.143. The molecule has 0 spiro atoms. The summed E-state index contributed by atoms with van der Waals surface area (Å²) in [5.74, 6) is 0. The Hall–Kier alpha value is -1.00. The molecule has 0 fully saturated rings. The number of pyridine rings is 1. The molecule has 11 heavy (non-hydrogen) atoms. The molecule has 3 N–H and O–H groups in total. The number of nitrogens with two attached hydrogens (primary N) is 1. The van der Waals surface area contributed by atoms with Crippen molar-refractivity contribution in [2.45, 2.75) is 6.61 Å². The first-order valence-corrected chi connectivity index (χ1v) is 3.50. The van der Waals surface area contributed by atoms with Crippen LogP contribution in [0, 0.1) is 0 Å². The van der Waals surface area contributed by atoms with Gasteiger partial charge < -0.3 is 10.8 Å². The molecule has 0 saturated heterocycles. The van der Waals surface area contributed by atoms with Crippen molar-refractivity contribution in [2.75, 3.05) is 0 Å². The molecule has 0 bridgehead atoms. The van der Waals surface area contributed by atoms with Crippen molar-refractivity contribution in [2.24, 2.45) is 5.73 Å². The molecular formula is C7H8N2OS. The van der Waals surface area contributed by atoms with Crippen LogP contribution >= 0.6 is 12.2 Å². The average Bonchev–Trinajstić information content (AvgIpc) is 2.05. The Morgan fingerprint density at radius 3 is 3.00 bits per heavy atom. The van der Waals surface area contributed by atoms with Gasteiger partial charge in [0, 0.05) is 6.20 Å². The van der Waals surface area contributed by atoms with Crippen LogP contribution in [0.3, 0.4) is 0 Å². The summed E-state index contributed by atoms with van der Waals surface area (Å²) in [7, 11) is 0. The van der Waals surface area contributed by atoms with E-state index >= 15 is 0 Å². The second kappa shape index (κ2) is 3.41. The van der Waals surface area contributed by atoms with Gasteiger partial charge >= 0.3 is 0 Å². The van der Waals surface area contributed by atoms with Crippen molar-refractivity contribution in [3.8, 4) is 0 Å². The topological polar surface area (TPSA) is 59.1 Å². The molecule has 1 rings (SSSR count). The molecule has 1 aromatic heterocycles. The predicted molar refractivity (Wildman–Crippen MR) is 46.0 cm³/mol. The highest BCUT2D eigenvalue weighted by Gasteiger charge is 1.97. The van der Waals surface area contributed by atoms with Gasteiger partial charge in [0.2, 0.25) is 0 Å². The zero-order chi connectivity index (χ0) is 8.27. The van der Waals surface area contributed by atoms with Gasteiger partial charge in [0.25, 0.3) is 0 Å². The largest absolute Gasteiger partial charge is 0.392 e. The number of nitrogens with zero attached hydrogens (tertiary/aromatic N) is 1. The Balaban J connectivity index is 3.01. The highest BCUT2D eigenvalue weighted by atomic mass is 32.1. The Bertz CT molecular complexity index is 275. The van der Waals surface area contributed by atoms with Gasteiger partial charge in [-0.1, -0.05) is 12.2 Å². The molecule has 0 unspecified atom stereocenters. The minimum Gasteiger partial charge on any atom is -0.392 e. The van der Waals surface area contributed by atoms with E-state index in [2.05, 4.69) is 4.98 Å². The molecule has 1 heterocycles. The van der Waals surface area contributed by atoms with Gasteiger partial charge in [0.1, 0.15) is 4.99 Å². The van der Waals surface area contributed by atoms with Crippen LogP contribution in [0.15, 0.2) is 18.3 Å². The van der Waals surface area contributed by atoms with Gasteiger partial charge in [0.05, 0.1) is 12.3 Å². The van der Waals surface area contributed by atoms with Gasteiger partial charge in [-0.2, -0.15) is 0 Å². The van der Waals surface area contributed by atoms with Crippen LogP contribution in [0.4, 0.5) is 0 Å². The smallest absolute Gasteiger partial charge is 0.122 e. The standard InChI is InChI=1S/C7H8N2OS/c8-7(11)6-3-5(4-10)1-2-9-6/h1-3,10H,4H2,(H2,8,11). The van der Waals surface area contributed by atoms with Crippen LogP contribution in [-0.4, -0.2) is 15.1 Å². The normalized spacial score (nSPS) is 9.55. The van der Waals surface area contributed by atoms with Crippen LogP contribution in [0.25, 0.3) is 0 Å². The SMILES string of the molecule is NC(=S)c1cc(CO)ccn1. The van der Waals surface area contributed by atoms with Crippen molar-refractivity contribution < 1.29 is 5.11 Å². The maximum atomic E-state index is 8.73. The van der Waals surface area contributed by atoms with Crippen molar-refractivity contribution in [3.63, 3.8) is 0 Å². The van der Waals surface area contributed by atoms with Crippen LogP contribution in [-0.2, 0) is 6.61 Å². The fourth-order valence-corrected chi connectivity index (χ4v) is 0.819. The van der Waals surface area contributed by atoms with Gasteiger partial charge in [-0.3, -0.25) is 4.98 Å². The highest BCUT2D eigenvalue weighted by Crippen LogP contribution is 2.00. The monoisotopic (exact) mass is 168 g/mol. The van der Waals surface area contributed by atoms with Crippen molar-refractivity contribution in [1.29, 1.82) is 0 Å². The molecule has 0 aliphatic carbocycles. The number of aromatic nitrogens is 1. The minimum atomic E-state index is -0.0157. The van der Waals surface area contributed by atoms with E-state index in [0.717, 1.165) is 5.56 Å². The molecule has 0 aromatic carbocycles. The van der Waals surface area contributed by atoms with Crippen LogP contribution in [0.1, 0.15) is 11.3 Å². The summed E-state index contributed by atoms with van der Waals surface area (Å²) in [5, 5.41) is 8.73. The lowest BCUT2D eigenvalue weighted by Gasteiger charge is -1.98. The lowest BCUT2D eigenvalue weighted by Crippen LogP contribution is -2.11. The summed E-state index contributed by atoms with van der Waals surface area (Å²) in [6.45, 7) is -0.0157. The lowest BCUT2D eigenvalue weighted by atomic mass is 10.2. The Kier molecular flexibility index (Phi) is 2.51. The number of hydrogen-bond acceptors (Lipinski definition) is 3. The number of aliphatic hydroxyl groups is 1. The first kappa shape index (κ1) is 8.10. The molecule has 0 aliphatic heterocycles. The van der Waals surface area contributed by atoms with Gasteiger partial charge in [-0.05, 0) is 17.7 Å². The second-order valence-electron chi connectivity index (χ2n) is 2.07. The molecule has 0 amide bonds. The van der Waals surface area contributed by atoms with E-state index in [-0.39, 0.29) is 11.6 Å². The molecule has 0 saturated carbocycles. The molecule has 0 radical (unpaired) electrons. The Morgan fingerprint density at radius 2 is 2.45 bits per heavy atom. The fourth-order valence-electron chi connectivity index (χ4n) is 0.707. The third-order valence-electron chi connectivity index (χ3n) is 1.26. The minimum absolute atomic E-state index is 0.0157. The van der Waals surface area contributed by atoms with Crippen molar-refractivity contribution >= 4 is 17.2 Å². The van der Waals surface area contributed by atoms with Gasteiger partial charge in [0.15, 0.2) is 0 Å². The molecule has 0 aliphatic rings. The van der Waals surface area contributed by atoms with E-state index in [0.29, 0.717) is 5.69 Å². The van der Waals surface area contributed by atoms with Crippen LogP contribution < -0.4 is 5.73 Å². The van der Waals surface area contributed by atoms with E-state index in [1.54, 1.807) is 18.3 Å². The van der Waals surface area contributed by atoms with E-state index in [9.17, 15) is 0 Å². The van der Waals surface area contributed by atoms with E-state index < -0.39 is 0 Å². The molecule has 0 atom stereocenters. The first-order chi connectivity index (χ1) is 5.24. The van der Waals surface area contributed by atoms with Crippen LogP contribution in [0.2, 0.25) is 0 Å². The number of rotatable bonds is 2. The van der Waals surface area contributed by atoms with Gasteiger partial charge in [-0.25, -0.2) is 0 Å². The third-order valence-corrected chi connectivity index (χ3v) is 1.47. The maximum absolute atomic E-state index is 8.73. The van der Waals surface area contributed by atoms with E-state index in [1.807, 2.05) is 0 Å². The number of aliphatic hydroxyl groups excluding tert-OH is 1. The molecular weight excluding hydrogens is 160 g/mol. The van der Waals surface area contributed by atoms with Crippen molar-refractivity contribution in [3.05, 3.63) is 29.6 Å². The summed E-state index contributed by atoms with van der Waals surface area (Å²) >= 11 is 4.70. The van der Waals surface area contributed by atoms with E-state index in [1.165, 1.54) is 0 Å². The zero-order valence-electron chi connectivity index (χ0n) is 5.82. The van der Waals surface area contributed by atoms with Crippen LogP contribution in [0.5, 0.6) is 0 Å². The predicted octanol–water partition coefficient (Wildman–Crippen LogP) is 0.208. The first-order valence-electron chi connectivity index (χ1n) is 3.09. The summed E-state index contributed by atoms with van der Waals surface area (Å²) < 4.78 is 0.